The van der Waals surface area contributed by atoms with E-state index in [0.717, 1.165) is 0 Å². The van der Waals surface area contributed by atoms with Crippen LogP contribution < -0.4 is 0 Å². The molecule has 3 N–H and O–H groups in total. The van der Waals surface area contributed by atoms with Crippen molar-refractivity contribution in [2.75, 3.05) is 0 Å². The summed E-state index contributed by atoms with van der Waals surface area (Å²) in [6.45, 7) is 0. The summed E-state index contributed by atoms with van der Waals surface area (Å²) in [4.78, 5) is 20.5. The van der Waals surface area contributed by atoms with Crippen LogP contribution in [0.5, 0.6) is 0 Å². The van der Waals surface area contributed by atoms with Crippen LogP contribution in [0.15, 0.2) is 11.5 Å². The van der Waals surface area contributed by atoms with Crippen molar-refractivity contribution in [3.8, 4) is 0 Å². The fourth-order valence-corrected chi connectivity index (χ4v) is 0.769. The Hall–Kier alpha value is -0.560. The van der Waals surface area contributed by atoms with E-state index in [0.29, 0.717) is 0 Å². The van der Waals surface area contributed by atoms with E-state index in [-0.39, 0.29) is 35.8 Å². The Bertz CT molecular complexity index is 260. The Labute approximate surface area is 95.1 Å². The van der Waals surface area contributed by atoms with E-state index in [9.17, 15) is 9.59 Å². The van der Waals surface area contributed by atoms with Crippen LogP contribution in [0.2, 0.25) is 0 Å². The zero-order valence-corrected chi connectivity index (χ0v) is 5.80. The first kappa shape index (κ1) is 12.4. The van der Waals surface area contributed by atoms with Crippen LogP contribution in [0.25, 0.3) is 0 Å². The maximum atomic E-state index is 10.5. The molecule has 0 aromatic carbocycles. The van der Waals surface area contributed by atoms with Crippen molar-refractivity contribution in [2.24, 2.45) is 0 Å². The first-order chi connectivity index (χ1) is 5.57. The van der Waals surface area contributed by atoms with Crippen molar-refractivity contribution in [3.63, 3.8) is 0 Å². The van der Waals surface area contributed by atoms with Gasteiger partial charge < -0.3 is 24.9 Å². The second-order valence-electron chi connectivity index (χ2n) is 2.19. The van der Waals surface area contributed by atoms with Gasteiger partial charge in [-0.1, -0.05) is 0 Å². The van der Waals surface area contributed by atoms with Crippen LogP contribution in [0.4, 0.5) is 0 Å². The third kappa shape index (κ3) is 2.22. The number of carbonyl (C=O) groups is 2. The SMILES string of the molecule is O=C[C@H](O)[C@H]1OC(=O)C(O)=C1O.[NaH]. The number of cyclic esters (lactones) is 1. The molecule has 1 heterocycles. The molecule has 0 aromatic rings. The Kier molecular flexibility index (Phi) is 4.41. The van der Waals surface area contributed by atoms with Crippen LogP contribution in [0.3, 0.4) is 0 Å². The van der Waals surface area contributed by atoms with Crippen molar-refractivity contribution >= 4 is 41.8 Å². The van der Waals surface area contributed by atoms with Gasteiger partial charge in [0, 0.05) is 0 Å². The summed E-state index contributed by atoms with van der Waals surface area (Å²) < 4.78 is 4.24. The first-order valence-corrected chi connectivity index (χ1v) is 3.04. The van der Waals surface area contributed by atoms with Gasteiger partial charge in [-0.25, -0.2) is 4.79 Å². The standard InChI is InChI=1S/C6H6O6.Na.H/c7-1-2(8)5-3(9)4(10)6(11)12-5;;/h1-2,5,8-10H;;/t2-,5+;;/m0../s1. The molecule has 68 valence electrons. The van der Waals surface area contributed by atoms with Gasteiger partial charge in [0.1, 0.15) is 0 Å². The van der Waals surface area contributed by atoms with E-state index in [4.69, 9.17) is 15.3 Å². The van der Waals surface area contributed by atoms with Gasteiger partial charge in [0.2, 0.25) is 5.76 Å². The van der Waals surface area contributed by atoms with E-state index >= 15 is 0 Å². The quantitative estimate of drug-likeness (QED) is 0.273. The summed E-state index contributed by atoms with van der Waals surface area (Å²) in [5, 5.41) is 26.4. The van der Waals surface area contributed by atoms with Gasteiger partial charge in [0.15, 0.2) is 24.3 Å². The normalized spacial score (nSPS) is 23.5. The molecule has 0 saturated carbocycles. The number of aldehydes is 1. The molecule has 13 heavy (non-hydrogen) atoms. The van der Waals surface area contributed by atoms with Gasteiger partial charge in [0.05, 0.1) is 0 Å². The maximum absolute atomic E-state index is 10.5. The second-order valence-corrected chi connectivity index (χ2v) is 2.19. The fourth-order valence-electron chi connectivity index (χ4n) is 0.769. The van der Waals surface area contributed by atoms with E-state index < -0.39 is 29.7 Å². The zero-order valence-electron chi connectivity index (χ0n) is 5.80. The third-order valence-corrected chi connectivity index (χ3v) is 1.39. The molecule has 0 fully saturated rings. The van der Waals surface area contributed by atoms with Gasteiger partial charge in [-0.2, -0.15) is 0 Å². The van der Waals surface area contributed by atoms with E-state index in [2.05, 4.69) is 4.74 Å². The molecule has 0 amide bonds. The van der Waals surface area contributed by atoms with Crippen LogP contribution in [0.1, 0.15) is 0 Å². The number of aliphatic hydroxyl groups excluding tert-OH is 3. The third-order valence-electron chi connectivity index (χ3n) is 1.39. The summed E-state index contributed by atoms with van der Waals surface area (Å²) in [7, 11) is 0. The van der Waals surface area contributed by atoms with Gasteiger partial charge in [-0.15, -0.1) is 0 Å². The number of hydrogen-bond donors (Lipinski definition) is 3. The van der Waals surface area contributed by atoms with Crippen LogP contribution in [-0.4, -0.2) is 69.3 Å². The van der Waals surface area contributed by atoms with Crippen molar-refractivity contribution in [1.82, 2.24) is 0 Å². The summed E-state index contributed by atoms with van der Waals surface area (Å²) in [6.07, 6.45) is -3.04. The van der Waals surface area contributed by atoms with Gasteiger partial charge in [0.25, 0.3) is 0 Å². The molecule has 0 aliphatic carbocycles. The van der Waals surface area contributed by atoms with Crippen LogP contribution in [-0.2, 0) is 14.3 Å². The Morgan fingerprint density at radius 3 is 2.31 bits per heavy atom. The molecule has 0 unspecified atom stereocenters. The molecular weight excluding hydrogens is 191 g/mol. The second kappa shape index (κ2) is 4.61. The number of aliphatic hydroxyl groups is 3. The fraction of sp³-hybridized carbons (Fsp3) is 0.333. The molecule has 1 aliphatic rings. The van der Waals surface area contributed by atoms with Gasteiger partial charge in [-0.05, 0) is 0 Å². The van der Waals surface area contributed by atoms with Crippen molar-refractivity contribution < 1.29 is 29.6 Å². The molecule has 2 atom stereocenters. The van der Waals surface area contributed by atoms with Gasteiger partial charge in [-0.3, -0.25) is 0 Å². The minimum absolute atomic E-state index is 0. The predicted octanol–water partition coefficient (Wildman–Crippen LogP) is -1.85. The molecule has 1 aliphatic heterocycles. The molecule has 0 radical (unpaired) electrons. The van der Waals surface area contributed by atoms with Crippen molar-refractivity contribution in [1.29, 1.82) is 0 Å². The predicted molar refractivity (Wildman–Crippen MR) is 41.4 cm³/mol. The number of carbonyl (C=O) groups excluding carboxylic acids is 2. The first-order valence-electron chi connectivity index (χ1n) is 3.04. The average Bonchev–Trinajstić information content (AvgIpc) is 2.32. The average molecular weight is 198 g/mol. The Morgan fingerprint density at radius 2 is 2.00 bits per heavy atom. The van der Waals surface area contributed by atoms with E-state index in [1.54, 1.807) is 0 Å². The summed E-state index contributed by atoms with van der Waals surface area (Å²) in [5.41, 5.74) is 0. The van der Waals surface area contributed by atoms with Crippen LogP contribution in [0, 0.1) is 0 Å². The molecule has 1 rings (SSSR count). The van der Waals surface area contributed by atoms with E-state index in [1.807, 2.05) is 0 Å². The number of ether oxygens (including phenoxy) is 1. The summed E-state index contributed by atoms with van der Waals surface area (Å²) in [5.74, 6) is -2.95. The summed E-state index contributed by atoms with van der Waals surface area (Å²) in [6, 6.07) is 0. The van der Waals surface area contributed by atoms with E-state index in [1.165, 1.54) is 0 Å². The molecule has 0 spiro atoms. The van der Waals surface area contributed by atoms with Gasteiger partial charge >= 0.3 is 35.5 Å². The molecule has 7 heteroatoms. The van der Waals surface area contributed by atoms with Crippen LogP contribution >= 0.6 is 0 Å². The molecule has 0 bridgehead atoms. The topological polar surface area (TPSA) is 104 Å². The monoisotopic (exact) mass is 198 g/mol. The number of esters is 1. The Balaban J connectivity index is 0.00000144. The zero-order chi connectivity index (χ0) is 9.30. The summed E-state index contributed by atoms with van der Waals surface area (Å²) >= 11 is 0. The van der Waals surface area contributed by atoms with Crippen molar-refractivity contribution in [2.45, 2.75) is 12.2 Å². The minimum atomic E-state index is -1.65. The Morgan fingerprint density at radius 1 is 1.46 bits per heavy atom. The molecular formula is C6H7NaO6. The number of hydrogen-bond acceptors (Lipinski definition) is 6. The number of rotatable bonds is 2. The van der Waals surface area contributed by atoms with Crippen molar-refractivity contribution in [3.05, 3.63) is 11.5 Å². The molecule has 0 saturated heterocycles. The molecule has 0 aromatic heterocycles. The molecule has 6 nitrogen and oxygen atoms in total.